The van der Waals surface area contributed by atoms with E-state index in [9.17, 15) is 4.39 Å². The summed E-state index contributed by atoms with van der Waals surface area (Å²) in [5, 5.41) is 8.25. The summed E-state index contributed by atoms with van der Waals surface area (Å²) >= 11 is 5.90. The van der Waals surface area contributed by atoms with Crippen LogP contribution in [0.5, 0.6) is 17.6 Å². The number of halogens is 2. The normalized spacial score (nSPS) is 21.5. The molecular formula is C24H28ClFN6O2. The molecule has 180 valence electrons. The van der Waals surface area contributed by atoms with Crippen molar-refractivity contribution >= 4 is 23.2 Å². The molecule has 5 rings (SSSR count). The molecule has 2 aromatic heterocycles. The minimum absolute atomic E-state index is 0.00700. The van der Waals surface area contributed by atoms with Gasteiger partial charge in [0.1, 0.15) is 11.6 Å². The van der Waals surface area contributed by atoms with Crippen LogP contribution in [-0.2, 0) is 6.54 Å². The van der Waals surface area contributed by atoms with Gasteiger partial charge in [0.2, 0.25) is 11.8 Å². The topological polar surface area (TPSA) is 77.3 Å². The number of nitrogens with zero attached hydrogens (tertiary/aromatic N) is 5. The van der Waals surface area contributed by atoms with Crippen LogP contribution >= 0.6 is 11.6 Å². The lowest BCUT2D eigenvalue weighted by Crippen LogP contribution is -2.48. The Morgan fingerprint density at radius 3 is 2.68 bits per heavy atom. The highest BCUT2D eigenvalue weighted by atomic mass is 35.5. The summed E-state index contributed by atoms with van der Waals surface area (Å²) in [5.41, 5.74) is 1.14. The maximum absolute atomic E-state index is 13.5. The summed E-state index contributed by atoms with van der Waals surface area (Å²) in [4.78, 5) is 11.3. The molecule has 0 spiro atoms. The Morgan fingerprint density at radius 1 is 1.18 bits per heavy atom. The minimum atomic E-state index is -0.488. The van der Waals surface area contributed by atoms with Gasteiger partial charge in [-0.15, -0.1) is 5.10 Å². The van der Waals surface area contributed by atoms with Crippen molar-refractivity contribution in [2.45, 2.75) is 38.8 Å². The number of anilines is 2. The minimum Gasteiger partial charge on any atom is -0.481 e. The van der Waals surface area contributed by atoms with Crippen molar-refractivity contribution in [3.63, 3.8) is 0 Å². The number of rotatable bonds is 8. The van der Waals surface area contributed by atoms with Crippen LogP contribution < -0.4 is 19.7 Å². The van der Waals surface area contributed by atoms with Gasteiger partial charge < -0.3 is 19.7 Å². The average molecular weight is 487 g/mol. The Hall–Kier alpha value is -3.07. The standard InChI is InChI=1S/C24H28ClFN6O2/c1-3-10-32-24(34-18-6-7-20(26)19(25)12-18)29-23(30-32)28-22-15-4-5-16(22)14-31(13-15)17-8-9-27-21(11-17)33-2/h6-9,11-12,15-16,22H,3-5,10,13-14H2,1-2H3,(H,28,30)/t15-,16+,22+. The fourth-order valence-corrected chi connectivity index (χ4v) is 5.16. The van der Waals surface area contributed by atoms with Crippen LogP contribution in [0.25, 0.3) is 0 Å². The molecule has 0 unspecified atom stereocenters. The molecule has 2 aliphatic rings. The molecule has 2 bridgehead atoms. The largest absolute Gasteiger partial charge is 0.481 e. The molecule has 1 aromatic carbocycles. The van der Waals surface area contributed by atoms with Crippen molar-refractivity contribution in [3.05, 3.63) is 47.4 Å². The Morgan fingerprint density at radius 2 is 1.97 bits per heavy atom. The van der Waals surface area contributed by atoms with E-state index in [2.05, 4.69) is 32.2 Å². The number of hydrogen-bond donors (Lipinski definition) is 1. The molecule has 0 amide bonds. The van der Waals surface area contributed by atoms with Crippen molar-refractivity contribution in [1.82, 2.24) is 19.7 Å². The van der Waals surface area contributed by atoms with E-state index in [0.29, 0.717) is 48.0 Å². The molecule has 2 fully saturated rings. The van der Waals surface area contributed by atoms with Gasteiger partial charge in [0.15, 0.2) is 0 Å². The molecule has 3 atom stereocenters. The highest BCUT2D eigenvalue weighted by Gasteiger charge is 2.42. The highest BCUT2D eigenvalue weighted by molar-refractivity contribution is 6.30. The fraction of sp³-hybridized carbons (Fsp3) is 0.458. The van der Waals surface area contributed by atoms with E-state index >= 15 is 0 Å². The van der Waals surface area contributed by atoms with Crippen LogP contribution in [0.1, 0.15) is 26.2 Å². The molecule has 1 N–H and O–H groups in total. The van der Waals surface area contributed by atoms with Crippen LogP contribution in [-0.4, -0.2) is 46.0 Å². The Kier molecular flexibility index (Phi) is 6.45. The molecule has 0 radical (unpaired) electrons. The van der Waals surface area contributed by atoms with Crippen molar-refractivity contribution in [2.24, 2.45) is 11.8 Å². The number of aryl methyl sites for hydroxylation is 1. The van der Waals surface area contributed by atoms with Gasteiger partial charge in [0.25, 0.3) is 0 Å². The number of nitrogens with one attached hydrogen (secondary N) is 1. The summed E-state index contributed by atoms with van der Waals surface area (Å²) in [6.45, 7) is 4.63. The lowest BCUT2D eigenvalue weighted by atomic mass is 9.92. The molecule has 10 heteroatoms. The van der Waals surface area contributed by atoms with Gasteiger partial charge in [-0.1, -0.05) is 18.5 Å². The van der Waals surface area contributed by atoms with Gasteiger partial charge in [0, 0.05) is 49.7 Å². The number of ether oxygens (including phenoxy) is 2. The zero-order valence-electron chi connectivity index (χ0n) is 19.2. The van der Waals surface area contributed by atoms with Gasteiger partial charge in [-0.05, 0) is 49.3 Å². The molecule has 1 saturated heterocycles. The molecular weight excluding hydrogens is 459 g/mol. The number of methoxy groups -OCH3 is 1. The first-order chi connectivity index (χ1) is 16.5. The Balaban J connectivity index is 1.30. The van der Waals surface area contributed by atoms with E-state index in [1.54, 1.807) is 18.0 Å². The zero-order chi connectivity index (χ0) is 23.7. The van der Waals surface area contributed by atoms with Gasteiger partial charge in [-0.2, -0.15) is 4.98 Å². The predicted octanol–water partition coefficient (Wildman–Crippen LogP) is 5.00. The molecule has 3 heterocycles. The quantitative estimate of drug-likeness (QED) is 0.480. The van der Waals surface area contributed by atoms with Crippen molar-refractivity contribution in [1.29, 1.82) is 0 Å². The monoisotopic (exact) mass is 486 g/mol. The first-order valence-electron chi connectivity index (χ1n) is 11.6. The van der Waals surface area contributed by atoms with E-state index in [4.69, 9.17) is 21.1 Å². The Labute approximate surface area is 203 Å². The molecule has 8 nitrogen and oxygen atoms in total. The van der Waals surface area contributed by atoms with Gasteiger partial charge in [-0.3, -0.25) is 0 Å². The lowest BCUT2D eigenvalue weighted by Gasteiger charge is -2.39. The average Bonchev–Trinajstić information content (AvgIpc) is 3.31. The van der Waals surface area contributed by atoms with Gasteiger partial charge in [-0.25, -0.2) is 14.1 Å². The van der Waals surface area contributed by atoms with Gasteiger partial charge in [0.05, 0.1) is 12.1 Å². The fourth-order valence-electron chi connectivity index (χ4n) is 4.99. The number of hydrogen-bond acceptors (Lipinski definition) is 7. The zero-order valence-corrected chi connectivity index (χ0v) is 20.0. The third-order valence-corrected chi connectivity index (χ3v) is 6.89. The van der Waals surface area contributed by atoms with Crippen LogP contribution in [0.4, 0.5) is 16.0 Å². The summed E-state index contributed by atoms with van der Waals surface area (Å²) in [6, 6.07) is 8.94. The first-order valence-corrected chi connectivity index (χ1v) is 12.0. The van der Waals surface area contributed by atoms with Gasteiger partial charge >= 0.3 is 6.01 Å². The van der Waals surface area contributed by atoms with E-state index in [0.717, 1.165) is 38.0 Å². The summed E-state index contributed by atoms with van der Waals surface area (Å²) in [7, 11) is 1.64. The molecule has 1 saturated carbocycles. The van der Waals surface area contributed by atoms with E-state index in [1.807, 2.05) is 12.1 Å². The maximum atomic E-state index is 13.5. The summed E-state index contributed by atoms with van der Waals surface area (Å²) in [6.07, 6.45) is 4.99. The second-order valence-electron chi connectivity index (χ2n) is 8.85. The maximum Gasteiger partial charge on any atom is 0.322 e. The SMILES string of the molecule is CCCn1nc(N[C@H]2[C@@H]3CC[C@H]2CN(c2ccnc(OC)c2)C3)nc1Oc1ccc(F)c(Cl)c1. The number of pyridine rings is 1. The second-order valence-corrected chi connectivity index (χ2v) is 9.26. The first kappa shape index (κ1) is 22.7. The number of aromatic nitrogens is 4. The van der Waals surface area contributed by atoms with E-state index in [1.165, 1.54) is 18.2 Å². The number of fused-ring (bicyclic) bond motifs is 2. The third kappa shape index (κ3) is 4.61. The summed E-state index contributed by atoms with van der Waals surface area (Å²) in [5.74, 6) is 2.08. The van der Waals surface area contributed by atoms with Crippen LogP contribution in [0.15, 0.2) is 36.5 Å². The van der Waals surface area contributed by atoms with Crippen molar-refractivity contribution in [2.75, 3.05) is 30.4 Å². The van der Waals surface area contributed by atoms with E-state index < -0.39 is 5.82 Å². The summed E-state index contributed by atoms with van der Waals surface area (Å²) < 4.78 is 26.5. The second kappa shape index (κ2) is 9.66. The number of benzene rings is 1. The lowest BCUT2D eigenvalue weighted by molar-refractivity contribution is 0.374. The Bertz CT molecular complexity index is 1140. The van der Waals surface area contributed by atoms with Crippen molar-refractivity contribution < 1.29 is 13.9 Å². The number of piperidine rings is 1. The van der Waals surface area contributed by atoms with Crippen LogP contribution in [0, 0.1) is 17.7 Å². The van der Waals surface area contributed by atoms with Crippen molar-refractivity contribution in [3.8, 4) is 17.6 Å². The molecule has 1 aliphatic carbocycles. The smallest absolute Gasteiger partial charge is 0.322 e. The predicted molar refractivity (Wildman–Crippen MR) is 128 cm³/mol. The van der Waals surface area contributed by atoms with Crippen LogP contribution in [0.3, 0.4) is 0 Å². The third-order valence-electron chi connectivity index (χ3n) is 6.60. The highest BCUT2D eigenvalue weighted by Crippen LogP contribution is 2.40. The van der Waals surface area contributed by atoms with Crippen LogP contribution in [0.2, 0.25) is 5.02 Å². The molecule has 34 heavy (non-hydrogen) atoms. The molecule has 1 aliphatic heterocycles. The molecule has 3 aromatic rings. The van der Waals surface area contributed by atoms with E-state index in [-0.39, 0.29) is 5.02 Å².